The summed E-state index contributed by atoms with van der Waals surface area (Å²) in [5, 5.41) is 6.78. The second kappa shape index (κ2) is 5.40. The first-order valence-corrected chi connectivity index (χ1v) is 6.81. The second-order valence-corrected chi connectivity index (χ2v) is 5.08. The molecule has 3 rings (SSSR count). The van der Waals surface area contributed by atoms with E-state index in [9.17, 15) is 4.39 Å². The third-order valence-electron chi connectivity index (χ3n) is 3.66. The first-order valence-electron chi connectivity index (χ1n) is 6.81. The predicted octanol–water partition coefficient (Wildman–Crippen LogP) is 3.95. The molecule has 4 heteroatoms. The fraction of sp³-hybridized carbons (Fsp3) is 0.118. The number of halogens is 1. The summed E-state index contributed by atoms with van der Waals surface area (Å²) in [4.78, 5) is 0. The van der Waals surface area contributed by atoms with Gasteiger partial charge in [-0.3, -0.25) is 5.10 Å². The monoisotopic (exact) mass is 281 g/mol. The molecule has 0 spiro atoms. The lowest BCUT2D eigenvalue weighted by Gasteiger charge is -2.12. The molecule has 0 saturated heterocycles. The molecule has 2 aromatic carbocycles. The Hall–Kier alpha value is -2.62. The number of benzene rings is 2. The van der Waals surface area contributed by atoms with Crippen LogP contribution in [0.3, 0.4) is 0 Å². The number of hydrogen-bond donors (Lipinski definition) is 2. The molecular formula is C17H16FN3. The molecule has 0 saturated carbocycles. The third-order valence-corrected chi connectivity index (χ3v) is 3.66. The van der Waals surface area contributed by atoms with Gasteiger partial charge < -0.3 is 5.73 Å². The van der Waals surface area contributed by atoms with Gasteiger partial charge in [0.2, 0.25) is 0 Å². The van der Waals surface area contributed by atoms with Gasteiger partial charge in [-0.2, -0.15) is 5.10 Å². The summed E-state index contributed by atoms with van der Waals surface area (Å²) in [6.45, 7) is 1.99. The smallest absolute Gasteiger partial charge is 0.145 e. The van der Waals surface area contributed by atoms with Crippen LogP contribution in [-0.2, 0) is 0 Å². The number of hydrogen-bond acceptors (Lipinski definition) is 2. The molecule has 1 atom stereocenters. The van der Waals surface area contributed by atoms with E-state index < -0.39 is 0 Å². The van der Waals surface area contributed by atoms with Gasteiger partial charge in [0, 0.05) is 23.2 Å². The Kier molecular flexibility index (Phi) is 3.44. The SMILES string of the molecule is CC(c1ccc(-c2ccccc2)c(F)c1)c1cc(N)n[nH]1. The minimum absolute atomic E-state index is 0.00845. The van der Waals surface area contributed by atoms with Crippen molar-refractivity contribution in [2.45, 2.75) is 12.8 Å². The van der Waals surface area contributed by atoms with Crippen LogP contribution >= 0.6 is 0 Å². The van der Waals surface area contributed by atoms with Crippen LogP contribution in [-0.4, -0.2) is 10.2 Å². The first kappa shape index (κ1) is 13.4. The Morgan fingerprint density at radius 1 is 1.10 bits per heavy atom. The van der Waals surface area contributed by atoms with Gasteiger partial charge in [-0.05, 0) is 17.2 Å². The highest BCUT2D eigenvalue weighted by molar-refractivity contribution is 5.64. The van der Waals surface area contributed by atoms with Gasteiger partial charge in [-0.1, -0.05) is 49.4 Å². The molecule has 3 aromatic rings. The number of anilines is 1. The Bertz CT molecular complexity index is 750. The summed E-state index contributed by atoms with van der Waals surface area (Å²) in [6.07, 6.45) is 0. The molecule has 0 aliphatic rings. The number of nitrogens with zero attached hydrogens (tertiary/aromatic N) is 1. The average Bonchev–Trinajstić information content (AvgIpc) is 2.94. The number of aromatic amines is 1. The van der Waals surface area contributed by atoms with E-state index in [1.54, 1.807) is 12.1 Å². The fourth-order valence-corrected chi connectivity index (χ4v) is 2.41. The maximum Gasteiger partial charge on any atom is 0.145 e. The van der Waals surface area contributed by atoms with Crippen molar-refractivity contribution in [2.75, 3.05) is 5.73 Å². The van der Waals surface area contributed by atoms with Crippen molar-refractivity contribution >= 4 is 5.82 Å². The summed E-state index contributed by atoms with van der Waals surface area (Å²) in [7, 11) is 0. The zero-order chi connectivity index (χ0) is 14.8. The lowest BCUT2D eigenvalue weighted by Crippen LogP contribution is -1.98. The van der Waals surface area contributed by atoms with E-state index in [2.05, 4.69) is 10.2 Å². The van der Waals surface area contributed by atoms with Gasteiger partial charge >= 0.3 is 0 Å². The average molecular weight is 281 g/mol. The van der Waals surface area contributed by atoms with Gasteiger partial charge in [-0.15, -0.1) is 0 Å². The molecule has 1 unspecified atom stereocenters. The zero-order valence-electron chi connectivity index (χ0n) is 11.7. The van der Waals surface area contributed by atoms with Crippen LogP contribution < -0.4 is 5.73 Å². The normalized spacial score (nSPS) is 12.3. The van der Waals surface area contributed by atoms with Crippen LogP contribution in [0.1, 0.15) is 24.1 Å². The summed E-state index contributed by atoms with van der Waals surface area (Å²) in [5.41, 5.74) is 8.85. The zero-order valence-corrected chi connectivity index (χ0v) is 11.7. The summed E-state index contributed by atoms with van der Waals surface area (Å²) < 4.78 is 14.4. The maximum atomic E-state index is 14.4. The molecular weight excluding hydrogens is 265 g/mol. The quantitative estimate of drug-likeness (QED) is 0.763. The Balaban J connectivity index is 1.94. The molecule has 3 nitrogen and oxygen atoms in total. The van der Waals surface area contributed by atoms with Gasteiger partial charge in [0.1, 0.15) is 11.6 Å². The fourth-order valence-electron chi connectivity index (χ4n) is 2.41. The lowest BCUT2D eigenvalue weighted by atomic mass is 9.95. The molecule has 0 fully saturated rings. The molecule has 106 valence electrons. The summed E-state index contributed by atoms with van der Waals surface area (Å²) in [5.74, 6) is 0.227. The van der Waals surface area contributed by atoms with E-state index in [0.29, 0.717) is 11.4 Å². The van der Waals surface area contributed by atoms with E-state index in [1.165, 1.54) is 0 Å². The first-order chi connectivity index (χ1) is 10.1. The van der Waals surface area contributed by atoms with Crippen molar-refractivity contribution in [3.05, 3.63) is 71.7 Å². The number of rotatable bonds is 3. The van der Waals surface area contributed by atoms with Crippen molar-refractivity contribution in [1.29, 1.82) is 0 Å². The molecule has 0 radical (unpaired) electrons. The van der Waals surface area contributed by atoms with Crippen molar-refractivity contribution in [3.8, 4) is 11.1 Å². The van der Waals surface area contributed by atoms with Gasteiger partial charge in [0.25, 0.3) is 0 Å². The van der Waals surface area contributed by atoms with Gasteiger partial charge in [0.15, 0.2) is 0 Å². The third kappa shape index (κ3) is 2.65. The van der Waals surface area contributed by atoms with Crippen LogP contribution in [0, 0.1) is 5.82 Å². The second-order valence-electron chi connectivity index (χ2n) is 5.08. The van der Waals surface area contributed by atoms with Crippen LogP contribution in [0.5, 0.6) is 0 Å². The number of nitrogens with two attached hydrogens (primary N) is 1. The van der Waals surface area contributed by atoms with Crippen molar-refractivity contribution in [3.63, 3.8) is 0 Å². The maximum absolute atomic E-state index is 14.4. The number of nitrogen functional groups attached to an aromatic ring is 1. The molecule has 1 heterocycles. The Labute approximate surface area is 122 Å². The van der Waals surface area contributed by atoms with Crippen LogP contribution in [0.15, 0.2) is 54.6 Å². The molecule has 3 N–H and O–H groups in total. The van der Waals surface area contributed by atoms with E-state index in [4.69, 9.17) is 5.73 Å². The van der Waals surface area contributed by atoms with Crippen LogP contribution in [0.25, 0.3) is 11.1 Å². The number of aromatic nitrogens is 2. The largest absolute Gasteiger partial charge is 0.382 e. The summed E-state index contributed by atoms with van der Waals surface area (Å²) in [6, 6.07) is 16.6. The topological polar surface area (TPSA) is 54.7 Å². The minimum atomic E-state index is -0.224. The van der Waals surface area contributed by atoms with Crippen LogP contribution in [0.2, 0.25) is 0 Å². The van der Waals surface area contributed by atoms with Crippen LogP contribution in [0.4, 0.5) is 10.2 Å². The standard InChI is InChI=1S/C17H16FN3/c1-11(16-10-17(19)21-20-16)13-7-8-14(15(18)9-13)12-5-3-2-4-6-12/h2-11H,1H3,(H3,19,20,21). The highest BCUT2D eigenvalue weighted by atomic mass is 19.1. The Morgan fingerprint density at radius 3 is 2.48 bits per heavy atom. The molecule has 0 aliphatic heterocycles. The number of H-pyrrole nitrogens is 1. The van der Waals surface area contributed by atoms with Crippen molar-refractivity contribution in [2.24, 2.45) is 0 Å². The van der Waals surface area contributed by atoms with Crippen molar-refractivity contribution < 1.29 is 4.39 Å². The van der Waals surface area contributed by atoms with E-state index in [0.717, 1.165) is 16.8 Å². The highest BCUT2D eigenvalue weighted by Gasteiger charge is 2.14. The Morgan fingerprint density at radius 2 is 1.86 bits per heavy atom. The summed E-state index contributed by atoms with van der Waals surface area (Å²) >= 11 is 0. The lowest BCUT2D eigenvalue weighted by molar-refractivity contribution is 0.627. The van der Waals surface area contributed by atoms with Gasteiger partial charge in [-0.25, -0.2) is 4.39 Å². The molecule has 0 bridgehead atoms. The van der Waals surface area contributed by atoms with E-state index in [1.807, 2.05) is 49.4 Å². The van der Waals surface area contributed by atoms with E-state index in [-0.39, 0.29) is 11.7 Å². The highest BCUT2D eigenvalue weighted by Crippen LogP contribution is 2.29. The molecule has 0 aliphatic carbocycles. The molecule has 0 amide bonds. The predicted molar refractivity (Wildman–Crippen MR) is 82.4 cm³/mol. The van der Waals surface area contributed by atoms with Gasteiger partial charge in [0.05, 0.1) is 0 Å². The van der Waals surface area contributed by atoms with Crippen molar-refractivity contribution in [1.82, 2.24) is 10.2 Å². The minimum Gasteiger partial charge on any atom is -0.382 e. The molecule has 1 aromatic heterocycles. The number of nitrogens with one attached hydrogen (secondary N) is 1. The molecule has 21 heavy (non-hydrogen) atoms. The van der Waals surface area contributed by atoms with E-state index >= 15 is 0 Å².